The van der Waals surface area contributed by atoms with Gasteiger partial charge in [0.05, 0.1) is 17.2 Å². The molecule has 1 aromatic heterocycles. The average molecular weight is 518 g/mol. The number of hydrogen-bond acceptors (Lipinski definition) is 6. The summed E-state index contributed by atoms with van der Waals surface area (Å²) >= 11 is 0. The van der Waals surface area contributed by atoms with Crippen molar-refractivity contribution < 1.29 is 31.9 Å². The van der Waals surface area contributed by atoms with Crippen molar-refractivity contribution in [2.24, 2.45) is 5.92 Å². The number of rotatable bonds is 7. The number of halogens is 1. The maximum absolute atomic E-state index is 13.5. The van der Waals surface area contributed by atoms with Crippen molar-refractivity contribution >= 4 is 39.4 Å². The lowest BCUT2D eigenvalue weighted by Crippen LogP contribution is -2.40. The van der Waals surface area contributed by atoms with Crippen LogP contribution < -0.4 is 9.62 Å². The number of furan rings is 1. The minimum Gasteiger partial charge on any atom is -0.481 e. The predicted octanol–water partition coefficient (Wildman–Crippen LogP) is 3.07. The van der Waals surface area contributed by atoms with Gasteiger partial charge in [0, 0.05) is 43.7 Å². The third kappa shape index (κ3) is 4.80. The van der Waals surface area contributed by atoms with E-state index in [9.17, 15) is 27.5 Å². The van der Waals surface area contributed by atoms with E-state index in [1.807, 2.05) is 11.9 Å². The van der Waals surface area contributed by atoms with Gasteiger partial charge in [-0.3, -0.25) is 13.9 Å². The monoisotopic (exact) mass is 517 g/mol. The molecule has 4 rings (SSSR count). The number of benzene rings is 2. The number of fused-ring (bicyclic) bond motifs is 1. The van der Waals surface area contributed by atoms with Crippen LogP contribution in [0.5, 0.6) is 0 Å². The van der Waals surface area contributed by atoms with Gasteiger partial charge in [0.25, 0.3) is 5.91 Å². The highest BCUT2D eigenvalue weighted by atomic mass is 32.2. The molecule has 1 amide bonds. The van der Waals surface area contributed by atoms with Crippen molar-refractivity contribution in [2.45, 2.75) is 19.3 Å². The third-order valence-electron chi connectivity index (χ3n) is 6.59. The first-order chi connectivity index (χ1) is 17.1. The summed E-state index contributed by atoms with van der Waals surface area (Å²) in [5, 5.41) is 12.7. The molecule has 3 aromatic rings. The van der Waals surface area contributed by atoms with Crippen LogP contribution >= 0.6 is 0 Å². The maximum atomic E-state index is 13.5. The molecule has 192 valence electrons. The molecule has 0 saturated carbocycles. The molecule has 2 heterocycles. The van der Waals surface area contributed by atoms with Gasteiger partial charge in [-0.2, -0.15) is 0 Å². The second-order valence-electron chi connectivity index (χ2n) is 8.94. The number of thiol groups is 1. The quantitative estimate of drug-likeness (QED) is 0.412. The summed E-state index contributed by atoms with van der Waals surface area (Å²) in [5.41, 5.74) is 2.02. The lowest BCUT2D eigenvalue weighted by molar-refractivity contribution is -0.143. The molecule has 11 heteroatoms. The number of anilines is 1. The molecule has 0 radical (unpaired) electrons. The van der Waals surface area contributed by atoms with Crippen LogP contribution in [-0.2, 0) is 15.7 Å². The molecule has 2 unspecified atom stereocenters. The van der Waals surface area contributed by atoms with E-state index in [1.54, 1.807) is 19.1 Å². The summed E-state index contributed by atoms with van der Waals surface area (Å²) < 4.78 is 45.1. The number of nitrogens with one attached hydrogen (secondary N) is 1. The Morgan fingerprint density at radius 3 is 2.50 bits per heavy atom. The Hall–Kier alpha value is -3.44. The fourth-order valence-electron chi connectivity index (χ4n) is 4.95. The topological polar surface area (TPSA) is 120 Å². The van der Waals surface area contributed by atoms with Crippen molar-refractivity contribution in [3.05, 3.63) is 53.3 Å². The van der Waals surface area contributed by atoms with Gasteiger partial charge in [-0.1, -0.05) is 0 Å². The van der Waals surface area contributed by atoms with Crippen LogP contribution in [0.25, 0.3) is 22.3 Å². The summed E-state index contributed by atoms with van der Waals surface area (Å²) in [6, 6.07) is 8.85. The molecular formula is C25H28FN3O6S. The summed E-state index contributed by atoms with van der Waals surface area (Å²) in [5.74, 6) is -2.46. The van der Waals surface area contributed by atoms with Gasteiger partial charge < -0.3 is 19.7 Å². The van der Waals surface area contributed by atoms with Crippen molar-refractivity contribution in [3.63, 3.8) is 0 Å². The molecular weight excluding hydrogens is 489 g/mol. The minimum atomic E-state index is -2.99. The van der Waals surface area contributed by atoms with Crippen molar-refractivity contribution in [3.8, 4) is 11.3 Å². The van der Waals surface area contributed by atoms with E-state index in [-0.39, 0.29) is 23.8 Å². The predicted molar refractivity (Wildman–Crippen MR) is 134 cm³/mol. The van der Waals surface area contributed by atoms with Gasteiger partial charge in [0.15, 0.2) is 0 Å². The number of carboxylic acids is 1. The lowest BCUT2D eigenvalue weighted by Gasteiger charge is -2.35. The molecule has 1 saturated heterocycles. The second-order valence-corrected chi connectivity index (χ2v) is 9.90. The Labute approximate surface area is 209 Å². The fraction of sp³-hybridized carbons (Fsp3) is 0.360. The van der Waals surface area contributed by atoms with E-state index in [4.69, 9.17) is 4.42 Å². The molecule has 2 atom stereocenters. The molecule has 0 aliphatic carbocycles. The summed E-state index contributed by atoms with van der Waals surface area (Å²) in [4.78, 5) is 26.7. The molecule has 9 nitrogen and oxygen atoms in total. The smallest absolute Gasteiger partial charge is 0.307 e. The molecule has 2 N–H and O–H groups in total. The molecule has 1 fully saturated rings. The highest BCUT2D eigenvalue weighted by Gasteiger charge is 2.34. The highest BCUT2D eigenvalue weighted by molar-refractivity contribution is 7.74. The highest BCUT2D eigenvalue weighted by Crippen LogP contribution is 2.42. The number of piperidine rings is 1. The fourth-order valence-corrected chi connectivity index (χ4v) is 5.53. The summed E-state index contributed by atoms with van der Waals surface area (Å²) in [7, 11) is 0.321. The van der Waals surface area contributed by atoms with E-state index < -0.39 is 34.5 Å². The Morgan fingerprint density at radius 1 is 1.22 bits per heavy atom. The third-order valence-corrected chi connectivity index (χ3v) is 7.49. The van der Waals surface area contributed by atoms with Crippen LogP contribution in [0.1, 0.15) is 35.2 Å². The van der Waals surface area contributed by atoms with E-state index in [1.165, 1.54) is 35.6 Å². The number of amides is 1. The van der Waals surface area contributed by atoms with Gasteiger partial charge in [0.1, 0.15) is 17.2 Å². The zero-order valence-electron chi connectivity index (χ0n) is 20.2. The van der Waals surface area contributed by atoms with E-state index >= 15 is 0 Å². The van der Waals surface area contributed by atoms with E-state index in [0.29, 0.717) is 47.3 Å². The van der Waals surface area contributed by atoms with Crippen LogP contribution in [0.2, 0.25) is 0 Å². The normalized spacial score (nSPS) is 18.5. The largest absolute Gasteiger partial charge is 0.481 e. The van der Waals surface area contributed by atoms with Gasteiger partial charge in [-0.05, 0) is 62.2 Å². The van der Waals surface area contributed by atoms with Gasteiger partial charge in [-0.15, -0.1) is 0 Å². The average Bonchev–Trinajstić information content (AvgIpc) is 3.21. The number of aliphatic carboxylic acids is 1. The first-order valence-electron chi connectivity index (χ1n) is 11.6. The van der Waals surface area contributed by atoms with Gasteiger partial charge in [0.2, 0.25) is 10.9 Å². The van der Waals surface area contributed by atoms with E-state index in [0.717, 1.165) is 0 Å². The van der Waals surface area contributed by atoms with Crippen molar-refractivity contribution in [2.75, 3.05) is 38.0 Å². The summed E-state index contributed by atoms with van der Waals surface area (Å²) in [6.45, 7) is 2.78. The van der Waals surface area contributed by atoms with Crippen LogP contribution in [0.15, 0.2) is 40.8 Å². The Morgan fingerprint density at radius 2 is 1.92 bits per heavy atom. The first kappa shape index (κ1) is 25.6. The van der Waals surface area contributed by atoms with Crippen molar-refractivity contribution in [1.29, 1.82) is 0 Å². The standard InChI is InChI=1S/C25H28FN3O6S/c1-4-29(36(33)34)20-11-21-19(10-18(20)15-9-16(25(31)32)13-28(3)12-15)22(24(30)27-2)23(35-21)14-5-7-17(26)8-6-14/h5-8,10-11,15-16,36H,4,9,12-13H2,1-3H3,(H,27,30)(H,31,32). The van der Waals surface area contributed by atoms with Crippen LogP contribution in [0.3, 0.4) is 0 Å². The Bertz CT molecular complexity index is 1380. The molecule has 1 aliphatic rings. The number of nitrogens with zero attached hydrogens (tertiary/aromatic N) is 2. The Kier molecular flexibility index (Phi) is 7.32. The number of carboxylic acid groups (broad SMARTS) is 1. The van der Waals surface area contributed by atoms with Crippen molar-refractivity contribution in [1.82, 2.24) is 10.2 Å². The second kappa shape index (κ2) is 10.3. The molecule has 2 aromatic carbocycles. The number of likely N-dealkylation sites (N-methyl/N-ethyl adjacent to an activating group) is 1. The minimum absolute atomic E-state index is 0.163. The maximum Gasteiger partial charge on any atom is 0.307 e. The first-order valence-corrected chi connectivity index (χ1v) is 12.7. The SMILES string of the molecule is CCN(c1cc2oc(-c3ccc(F)cc3)c(C(=O)NC)c2cc1C1CC(C(=O)O)CN(C)C1)[SH](=O)=O. The zero-order chi connectivity index (χ0) is 26.1. The number of likely N-dealkylation sites (tertiary alicyclic amines) is 1. The zero-order valence-corrected chi connectivity index (χ0v) is 21.0. The van der Waals surface area contributed by atoms with Crippen LogP contribution in [-0.4, -0.2) is 64.0 Å². The molecule has 0 spiro atoms. The Balaban J connectivity index is 1.99. The van der Waals surface area contributed by atoms with Crippen LogP contribution in [0, 0.1) is 11.7 Å². The molecule has 36 heavy (non-hydrogen) atoms. The lowest BCUT2D eigenvalue weighted by atomic mass is 9.83. The van der Waals surface area contributed by atoms with Crippen LogP contribution in [0.4, 0.5) is 10.1 Å². The number of hydrogen-bond donors (Lipinski definition) is 3. The molecule has 1 aliphatic heterocycles. The molecule has 0 bridgehead atoms. The summed E-state index contributed by atoms with van der Waals surface area (Å²) in [6.07, 6.45) is 0.323. The number of carbonyl (C=O) groups is 2. The van der Waals surface area contributed by atoms with Gasteiger partial charge in [-0.25, -0.2) is 12.8 Å². The van der Waals surface area contributed by atoms with Gasteiger partial charge >= 0.3 is 5.97 Å². The van der Waals surface area contributed by atoms with E-state index in [2.05, 4.69) is 5.32 Å². The number of carbonyl (C=O) groups excluding carboxylic acids is 1.